The van der Waals surface area contributed by atoms with Gasteiger partial charge in [0, 0.05) is 5.02 Å². The largest absolute Gasteiger partial charge is 0.514 e. The molecule has 2 rings (SSSR count). The normalized spacial score (nSPS) is 9.83. The van der Waals surface area contributed by atoms with Gasteiger partial charge in [0.05, 0.1) is 0 Å². The molecule has 4 heteroatoms. The second-order valence-corrected chi connectivity index (χ2v) is 4.02. The molecular formula is C14H11ClO3. The first-order valence-electron chi connectivity index (χ1n) is 5.38. The van der Waals surface area contributed by atoms with Crippen molar-refractivity contribution in [3.63, 3.8) is 0 Å². The van der Waals surface area contributed by atoms with Crippen molar-refractivity contribution < 1.29 is 14.3 Å². The van der Waals surface area contributed by atoms with E-state index in [1.807, 2.05) is 12.1 Å². The van der Waals surface area contributed by atoms with Crippen molar-refractivity contribution in [2.75, 3.05) is 0 Å². The zero-order chi connectivity index (χ0) is 12.8. The summed E-state index contributed by atoms with van der Waals surface area (Å²) in [7, 11) is 0. The second-order valence-electron chi connectivity index (χ2n) is 3.58. The van der Waals surface area contributed by atoms with Gasteiger partial charge in [-0.15, -0.1) is 0 Å². The summed E-state index contributed by atoms with van der Waals surface area (Å²) in [6.45, 7) is 0.131. The third kappa shape index (κ3) is 3.79. The van der Waals surface area contributed by atoms with E-state index in [-0.39, 0.29) is 6.61 Å². The predicted octanol–water partition coefficient (Wildman–Crippen LogP) is 4.06. The van der Waals surface area contributed by atoms with Gasteiger partial charge in [0.2, 0.25) is 0 Å². The van der Waals surface area contributed by atoms with Gasteiger partial charge in [-0.25, -0.2) is 4.79 Å². The zero-order valence-corrected chi connectivity index (χ0v) is 10.3. The van der Waals surface area contributed by atoms with E-state index < -0.39 is 6.16 Å². The molecule has 0 fully saturated rings. The minimum absolute atomic E-state index is 0.131. The Hall–Kier alpha value is -2.00. The van der Waals surface area contributed by atoms with Crippen LogP contribution in [0.15, 0.2) is 54.6 Å². The maximum Gasteiger partial charge on any atom is 0.514 e. The van der Waals surface area contributed by atoms with E-state index in [9.17, 15) is 4.79 Å². The molecule has 0 aliphatic rings. The standard InChI is InChI=1S/C14H11ClO3/c15-12-6-4-5-11(9-12)10-17-14(16)18-13-7-2-1-3-8-13/h1-9H,10H2. The number of carbonyl (C=O) groups is 1. The molecular weight excluding hydrogens is 252 g/mol. The van der Waals surface area contributed by atoms with E-state index in [0.29, 0.717) is 10.8 Å². The van der Waals surface area contributed by atoms with Crippen LogP contribution in [0.1, 0.15) is 5.56 Å². The highest BCUT2D eigenvalue weighted by atomic mass is 35.5. The van der Waals surface area contributed by atoms with E-state index in [4.69, 9.17) is 21.1 Å². The Morgan fingerprint density at radius 2 is 1.83 bits per heavy atom. The van der Waals surface area contributed by atoms with E-state index in [1.165, 1.54) is 0 Å². The van der Waals surface area contributed by atoms with Gasteiger partial charge in [-0.1, -0.05) is 41.9 Å². The van der Waals surface area contributed by atoms with E-state index >= 15 is 0 Å². The average molecular weight is 263 g/mol. The lowest BCUT2D eigenvalue weighted by atomic mass is 10.2. The first-order chi connectivity index (χ1) is 8.74. The molecule has 0 aliphatic heterocycles. The molecule has 0 radical (unpaired) electrons. The minimum Gasteiger partial charge on any atom is -0.429 e. The SMILES string of the molecule is O=C(OCc1cccc(Cl)c1)Oc1ccccc1. The van der Waals surface area contributed by atoms with E-state index in [2.05, 4.69) is 0 Å². The lowest BCUT2D eigenvalue weighted by Crippen LogP contribution is -2.10. The van der Waals surface area contributed by atoms with Crippen LogP contribution in [-0.2, 0) is 11.3 Å². The molecule has 0 saturated heterocycles. The highest BCUT2D eigenvalue weighted by molar-refractivity contribution is 6.30. The third-order valence-corrected chi connectivity index (χ3v) is 2.43. The van der Waals surface area contributed by atoms with E-state index in [0.717, 1.165) is 5.56 Å². The van der Waals surface area contributed by atoms with E-state index in [1.54, 1.807) is 42.5 Å². The van der Waals surface area contributed by atoms with Crippen LogP contribution in [0.3, 0.4) is 0 Å². The fourth-order valence-corrected chi connectivity index (χ4v) is 1.60. The number of ether oxygens (including phenoxy) is 2. The number of benzene rings is 2. The molecule has 18 heavy (non-hydrogen) atoms. The van der Waals surface area contributed by atoms with Gasteiger partial charge in [0.1, 0.15) is 12.4 Å². The molecule has 0 heterocycles. The van der Waals surface area contributed by atoms with Gasteiger partial charge < -0.3 is 9.47 Å². The summed E-state index contributed by atoms with van der Waals surface area (Å²) in [5.41, 5.74) is 0.813. The summed E-state index contributed by atoms with van der Waals surface area (Å²) in [6.07, 6.45) is -0.735. The number of para-hydroxylation sites is 1. The maximum absolute atomic E-state index is 11.4. The molecule has 0 spiro atoms. The molecule has 0 saturated carbocycles. The first-order valence-corrected chi connectivity index (χ1v) is 5.76. The Morgan fingerprint density at radius 1 is 1.06 bits per heavy atom. The zero-order valence-electron chi connectivity index (χ0n) is 9.51. The Labute approximate surface area is 110 Å². The topological polar surface area (TPSA) is 35.5 Å². The summed E-state index contributed by atoms with van der Waals surface area (Å²) < 4.78 is 9.94. The molecule has 2 aromatic rings. The van der Waals surface area contributed by atoms with Crippen molar-refractivity contribution in [2.45, 2.75) is 6.61 Å². The molecule has 0 aliphatic carbocycles. The summed E-state index contributed by atoms with van der Waals surface area (Å²) in [5.74, 6) is 0.452. The fraction of sp³-hybridized carbons (Fsp3) is 0.0714. The quantitative estimate of drug-likeness (QED) is 0.618. The molecule has 0 N–H and O–H groups in total. The Kier molecular flexibility index (Phi) is 4.20. The first kappa shape index (κ1) is 12.5. The second kappa shape index (κ2) is 6.07. The van der Waals surface area contributed by atoms with Gasteiger partial charge in [0.15, 0.2) is 0 Å². The molecule has 2 aromatic carbocycles. The van der Waals surface area contributed by atoms with Crippen molar-refractivity contribution in [1.29, 1.82) is 0 Å². The highest BCUT2D eigenvalue weighted by Crippen LogP contribution is 2.13. The summed E-state index contributed by atoms with van der Waals surface area (Å²) in [4.78, 5) is 11.4. The summed E-state index contributed by atoms with van der Waals surface area (Å²) in [5, 5.41) is 0.604. The van der Waals surface area contributed by atoms with Crippen molar-refractivity contribution in [3.05, 3.63) is 65.2 Å². The average Bonchev–Trinajstić information content (AvgIpc) is 2.38. The summed E-state index contributed by atoms with van der Waals surface area (Å²) in [6, 6.07) is 15.9. The van der Waals surface area contributed by atoms with Gasteiger partial charge in [-0.3, -0.25) is 0 Å². The lowest BCUT2D eigenvalue weighted by molar-refractivity contribution is 0.0928. The molecule has 0 aromatic heterocycles. The highest BCUT2D eigenvalue weighted by Gasteiger charge is 2.06. The fourth-order valence-electron chi connectivity index (χ4n) is 1.38. The van der Waals surface area contributed by atoms with Gasteiger partial charge >= 0.3 is 6.16 Å². The Balaban J connectivity index is 1.85. The van der Waals surface area contributed by atoms with Crippen LogP contribution in [0.5, 0.6) is 5.75 Å². The number of halogens is 1. The smallest absolute Gasteiger partial charge is 0.429 e. The van der Waals surface area contributed by atoms with Crippen molar-refractivity contribution in [2.24, 2.45) is 0 Å². The molecule has 0 atom stereocenters. The molecule has 0 amide bonds. The van der Waals surface area contributed by atoms with Crippen molar-refractivity contribution in [1.82, 2.24) is 0 Å². The summed E-state index contributed by atoms with van der Waals surface area (Å²) >= 11 is 5.82. The third-order valence-electron chi connectivity index (χ3n) is 2.19. The number of rotatable bonds is 3. The number of hydrogen-bond acceptors (Lipinski definition) is 3. The molecule has 0 unspecified atom stereocenters. The van der Waals surface area contributed by atoms with Gasteiger partial charge in [-0.2, -0.15) is 0 Å². The molecule has 3 nitrogen and oxygen atoms in total. The minimum atomic E-state index is -0.735. The number of hydrogen-bond donors (Lipinski definition) is 0. The van der Waals surface area contributed by atoms with Crippen molar-refractivity contribution >= 4 is 17.8 Å². The van der Waals surface area contributed by atoms with Crippen LogP contribution in [0.4, 0.5) is 4.79 Å². The van der Waals surface area contributed by atoms with Crippen molar-refractivity contribution in [3.8, 4) is 5.75 Å². The van der Waals surface area contributed by atoms with Crippen LogP contribution in [0.2, 0.25) is 5.02 Å². The van der Waals surface area contributed by atoms with Gasteiger partial charge in [0.25, 0.3) is 0 Å². The van der Waals surface area contributed by atoms with Crippen LogP contribution in [0, 0.1) is 0 Å². The Bertz CT molecular complexity index is 526. The monoisotopic (exact) mass is 262 g/mol. The van der Waals surface area contributed by atoms with Crippen LogP contribution >= 0.6 is 11.6 Å². The van der Waals surface area contributed by atoms with Crippen LogP contribution in [-0.4, -0.2) is 6.16 Å². The maximum atomic E-state index is 11.4. The molecule has 0 bridgehead atoms. The predicted molar refractivity (Wildman–Crippen MR) is 68.7 cm³/mol. The lowest BCUT2D eigenvalue weighted by Gasteiger charge is -2.05. The molecule has 92 valence electrons. The number of carbonyl (C=O) groups excluding carboxylic acids is 1. The van der Waals surface area contributed by atoms with Crippen LogP contribution < -0.4 is 4.74 Å². The van der Waals surface area contributed by atoms with Gasteiger partial charge in [-0.05, 0) is 29.8 Å². The Morgan fingerprint density at radius 3 is 2.56 bits per heavy atom. The van der Waals surface area contributed by atoms with Crippen LogP contribution in [0.25, 0.3) is 0 Å².